The van der Waals surface area contributed by atoms with Gasteiger partial charge in [0.15, 0.2) is 0 Å². The van der Waals surface area contributed by atoms with Gasteiger partial charge in [-0.15, -0.1) is 0 Å². The molecule has 2 rings (SSSR count). The highest BCUT2D eigenvalue weighted by molar-refractivity contribution is 5.26. The van der Waals surface area contributed by atoms with E-state index in [-0.39, 0.29) is 6.04 Å². The molecular weight excluding hydrogens is 210 g/mol. The van der Waals surface area contributed by atoms with Crippen LogP contribution in [0, 0.1) is 6.92 Å². The highest BCUT2D eigenvalue weighted by Gasteiger charge is 2.08. The number of benzene rings is 1. The van der Waals surface area contributed by atoms with E-state index in [1.807, 2.05) is 24.1 Å². The number of nitrogens with zero attached hydrogens (tertiary/aromatic N) is 2. The standard InChI is InChI=1S/C14H19N3/c1-11-5-3-4-6-13(11)8-14(15)7-12-9-16-17(2)10-12/h3-6,9-10,14H,7-8,15H2,1-2H3. The first-order valence-corrected chi connectivity index (χ1v) is 5.93. The molecule has 0 aliphatic rings. The predicted octanol–water partition coefficient (Wildman–Crippen LogP) is 1.84. The van der Waals surface area contributed by atoms with E-state index in [9.17, 15) is 0 Å². The van der Waals surface area contributed by atoms with Gasteiger partial charge in [0.2, 0.25) is 0 Å². The summed E-state index contributed by atoms with van der Waals surface area (Å²) in [6.07, 6.45) is 5.71. The summed E-state index contributed by atoms with van der Waals surface area (Å²) in [7, 11) is 1.93. The molecule has 0 aliphatic heterocycles. The lowest BCUT2D eigenvalue weighted by Gasteiger charge is -2.12. The summed E-state index contributed by atoms with van der Waals surface area (Å²) in [5.41, 5.74) is 10.0. The first-order valence-electron chi connectivity index (χ1n) is 5.93. The van der Waals surface area contributed by atoms with Crippen LogP contribution in [0.2, 0.25) is 0 Å². The number of rotatable bonds is 4. The number of hydrogen-bond acceptors (Lipinski definition) is 2. The molecule has 2 N–H and O–H groups in total. The zero-order valence-corrected chi connectivity index (χ0v) is 10.4. The van der Waals surface area contributed by atoms with Gasteiger partial charge in [-0.2, -0.15) is 5.10 Å². The second-order valence-corrected chi connectivity index (χ2v) is 4.62. The molecule has 1 atom stereocenters. The van der Waals surface area contributed by atoms with E-state index in [1.165, 1.54) is 16.7 Å². The molecule has 1 unspecified atom stereocenters. The average molecular weight is 229 g/mol. The molecule has 3 nitrogen and oxygen atoms in total. The quantitative estimate of drug-likeness (QED) is 0.869. The summed E-state index contributed by atoms with van der Waals surface area (Å²) < 4.78 is 1.82. The molecule has 90 valence electrons. The van der Waals surface area contributed by atoms with Gasteiger partial charge in [-0.3, -0.25) is 4.68 Å². The maximum atomic E-state index is 6.18. The summed E-state index contributed by atoms with van der Waals surface area (Å²) >= 11 is 0. The number of nitrogens with two attached hydrogens (primary N) is 1. The summed E-state index contributed by atoms with van der Waals surface area (Å²) in [6, 6.07) is 8.56. The van der Waals surface area contributed by atoms with Crippen LogP contribution in [0.3, 0.4) is 0 Å². The van der Waals surface area contributed by atoms with Crippen LogP contribution in [0.1, 0.15) is 16.7 Å². The van der Waals surface area contributed by atoms with Crippen LogP contribution in [0.15, 0.2) is 36.7 Å². The third-order valence-electron chi connectivity index (χ3n) is 3.00. The number of hydrogen-bond donors (Lipinski definition) is 1. The van der Waals surface area contributed by atoms with E-state index < -0.39 is 0 Å². The Morgan fingerprint density at radius 2 is 2.06 bits per heavy atom. The Kier molecular flexibility index (Phi) is 3.59. The molecule has 0 amide bonds. The molecule has 1 aromatic carbocycles. The van der Waals surface area contributed by atoms with Gasteiger partial charge in [0, 0.05) is 19.3 Å². The van der Waals surface area contributed by atoms with Crippen LogP contribution in [0.4, 0.5) is 0 Å². The van der Waals surface area contributed by atoms with Crippen molar-refractivity contribution < 1.29 is 0 Å². The third kappa shape index (κ3) is 3.17. The van der Waals surface area contributed by atoms with Crippen molar-refractivity contribution in [3.05, 3.63) is 53.3 Å². The lowest BCUT2D eigenvalue weighted by molar-refractivity contribution is 0.662. The molecule has 1 aromatic heterocycles. The van der Waals surface area contributed by atoms with E-state index in [1.54, 1.807) is 0 Å². The van der Waals surface area contributed by atoms with Crippen molar-refractivity contribution in [2.45, 2.75) is 25.8 Å². The van der Waals surface area contributed by atoms with Crippen LogP contribution in [-0.2, 0) is 19.9 Å². The van der Waals surface area contributed by atoms with Gasteiger partial charge >= 0.3 is 0 Å². The monoisotopic (exact) mass is 229 g/mol. The normalized spacial score (nSPS) is 12.6. The van der Waals surface area contributed by atoms with E-state index in [0.717, 1.165) is 12.8 Å². The summed E-state index contributed by atoms with van der Waals surface area (Å²) in [5.74, 6) is 0. The molecule has 1 heterocycles. The smallest absolute Gasteiger partial charge is 0.0522 e. The Morgan fingerprint density at radius 1 is 1.29 bits per heavy atom. The van der Waals surface area contributed by atoms with Crippen LogP contribution in [-0.4, -0.2) is 15.8 Å². The van der Waals surface area contributed by atoms with Gasteiger partial charge in [-0.1, -0.05) is 24.3 Å². The van der Waals surface area contributed by atoms with E-state index >= 15 is 0 Å². The molecule has 0 aliphatic carbocycles. The summed E-state index contributed by atoms with van der Waals surface area (Å²) in [5, 5.41) is 4.16. The van der Waals surface area contributed by atoms with Crippen molar-refractivity contribution in [2.24, 2.45) is 12.8 Å². The molecule has 0 radical (unpaired) electrons. The number of aryl methyl sites for hydroxylation is 2. The van der Waals surface area contributed by atoms with Crippen LogP contribution < -0.4 is 5.73 Å². The lowest BCUT2D eigenvalue weighted by Crippen LogP contribution is -2.25. The van der Waals surface area contributed by atoms with Gasteiger partial charge in [0.25, 0.3) is 0 Å². The third-order valence-corrected chi connectivity index (χ3v) is 3.00. The fourth-order valence-corrected chi connectivity index (χ4v) is 2.07. The van der Waals surface area contributed by atoms with Crippen molar-refractivity contribution in [3.8, 4) is 0 Å². The fraction of sp³-hybridized carbons (Fsp3) is 0.357. The van der Waals surface area contributed by atoms with Crippen molar-refractivity contribution in [2.75, 3.05) is 0 Å². The maximum Gasteiger partial charge on any atom is 0.0522 e. The molecule has 0 fully saturated rings. The van der Waals surface area contributed by atoms with Crippen molar-refractivity contribution in [1.82, 2.24) is 9.78 Å². The Hall–Kier alpha value is -1.61. The molecule has 17 heavy (non-hydrogen) atoms. The molecule has 0 saturated carbocycles. The highest BCUT2D eigenvalue weighted by atomic mass is 15.2. The average Bonchev–Trinajstić information content (AvgIpc) is 2.67. The van der Waals surface area contributed by atoms with Gasteiger partial charge in [0.1, 0.15) is 0 Å². The summed E-state index contributed by atoms with van der Waals surface area (Å²) in [6.45, 7) is 2.13. The molecular formula is C14H19N3. The van der Waals surface area contributed by atoms with E-state index in [0.29, 0.717) is 0 Å². The Labute approximate surface area is 102 Å². The Bertz CT molecular complexity index is 488. The minimum atomic E-state index is 0.153. The van der Waals surface area contributed by atoms with Crippen LogP contribution in [0.5, 0.6) is 0 Å². The second-order valence-electron chi connectivity index (χ2n) is 4.62. The SMILES string of the molecule is Cc1ccccc1CC(N)Cc1cnn(C)c1. The predicted molar refractivity (Wildman–Crippen MR) is 69.8 cm³/mol. The molecule has 2 aromatic rings. The van der Waals surface area contributed by atoms with Crippen molar-refractivity contribution >= 4 is 0 Å². The minimum absolute atomic E-state index is 0.153. The van der Waals surface area contributed by atoms with Crippen LogP contribution >= 0.6 is 0 Å². The lowest BCUT2D eigenvalue weighted by atomic mass is 9.98. The van der Waals surface area contributed by atoms with Gasteiger partial charge < -0.3 is 5.73 Å². The van der Waals surface area contributed by atoms with Gasteiger partial charge in [0.05, 0.1) is 6.20 Å². The topological polar surface area (TPSA) is 43.8 Å². The van der Waals surface area contributed by atoms with Gasteiger partial charge in [-0.05, 0) is 36.5 Å². The molecule has 0 spiro atoms. The summed E-state index contributed by atoms with van der Waals surface area (Å²) in [4.78, 5) is 0. The van der Waals surface area contributed by atoms with Crippen molar-refractivity contribution in [1.29, 1.82) is 0 Å². The highest BCUT2D eigenvalue weighted by Crippen LogP contribution is 2.11. The molecule has 3 heteroatoms. The van der Waals surface area contributed by atoms with E-state index in [4.69, 9.17) is 5.73 Å². The Morgan fingerprint density at radius 3 is 2.71 bits per heavy atom. The van der Waals surface area contributed by atoms with Crippen LogP contribution in [0.25, 0.3) is 0 Å². The zero-order valence-electron chi connectivity index (χ0n) is 10.4. The minimum Gasteiger partial charge on any atom is -0.327 e. The first-order chi connectivity index (χ1) is 8.15. The zero-order chi connectivity index (χ0) is 12.3. The second kappa shape index (κ2) is 5.15. The maximum absolute atomic E-state index is 6.18. The largest absolute Gasteiger partial charge is 0.327 e. The van der Waals surface area contributed by atoms with Crippen molar-refractivity contribution in [3.63, 3.8) is 0 Å². The number of aromatic nitrogens is 2. The molecule has 0 saturated heterocycles. The van der Waals surface area contributed by atoms with Gasteiger partial charge in [-0.25, -0.2) is 0 Å². The first kappa shape index (κ1) is 11.9. The fourth-order valence-electron chi connectivity index (χ4n) is 2.07. The Balaban J connectivity index is 1.98. The van der Waals surface area contributed by atoms with E-state index in [2.05, 4.69) is 36.3 Å². The molecule has 0 bridgehead atoms.